The molecular formula is C42H51ClN6O7. The number of aryl methyl sites for hydroxylation is 1. The second-order valence-electron chi connectivity index (χ2n) is 13.7. The van der Waals surface area contributed by atoms with E-state index in [1.807, 2.05) is 79.7 Å². The second-order valence-corrected chi connectivity index (χ2v) is 14.4. The molecule has 14 heteroatoms. The molecule has 4 N–H and O–H groups in total. The zero-order valence-corrected chi connectivity index (χ0v) is 34.0. The van der Waals surface area contributed by atoms with E-state index in [1.54, 1.807) is 30.8 Å². The first-order valence-electron chi connectivity index (χ1n) is 17.7. The van der Waals surface area contributed by atoms with E-state index in [4.69, 9.17) is 31.3 Å². The number of urea groups is 1. The van der Waals surface area contributed by atoms with Gasteiger partial charge in [0.15, 0.2) is 6.10 Å². The van der Waals surface area contributed by atoms with Crippen LogP contribution in [0.1, 0.15) is 58.4 Å². The first-order valence-corrected chi connectivity index (χ1v) is 18.1. The first-order chi connectivity index (χ1) is 26.4. The van der Waals surface area contributed by atoms with Gasteiger partial charge >= 0.3 is 12.0 Å². The largest absolute Gasteiger partial charge is 0.488 e. The molecule has 0 aliphatic rings. The smallest absolute Gasteiger partial charge is 0.332 e. The summed E-state index contributed by atoms with van der Waals surface area (Å²) < 4.78 is 17.4. The van der Waals surface area contributed by atoms with Crippen molar-refractivity contribution < 1.29 is 33.7 Å². The molecule has 0 radical (unpaired) electrons. The summed E-state index contributed by atoms with van der Waals surface area (Å²) in [6, 6.07) is 24.5. The fourth-order valence-corrected chi connectivity index (χ4v) is 4.72. The number of ether oxygens (including phenoxy) is 3. The van der Waals surface area contributed by atoms with Crippen LogP contribution in [0, 0.1) is 6.92 Å². The highest BCUT2D eigenvalue weighted by atomic mass is 35.5. The van der Waals surface area contributed by atoms with Crippen molar-refractivity contribution in [3.8, 4) is 11.4 Å². The van der Waals surface area contributed by atoms with Crippen LogP contribution in [0.15, 0.2) is 96.7 Å². The minimum absolute atomic E-state index is 0.205. The van der Waals surface area contributed by atoms with Crippen molar-refractivity contribution in [3.05, 3.63) is 113 Å². The minimum Gasteiger partial charge on any atom is -0.488 e. The number of carboxylic acid groups (broad SMARTS) is 1. The van der Waals surface area contributed by atoms with E-state index in [0.717, 1.165) is 33.3 Å². The molecule has 3 amide bonds. The lowest BCUT2D eigenvalue weighted by atomic mass is 9.92. The predicted octanol–water partition coefficient (Wildman–Crippen LogP) is 9.09. The number of nitrogens with zero attached hydrogens (tertiary/aromatic N) is 3. The molecule has 2 heterocycles. The zero-order chi connectivity index (χ0) is 41.6. The Kier molecular flexibility index (Phi) is 16.6. The number of carbonyl (C=O) groups is 3. The maximum Gasteiger partial charge on any atom is 0.332 e. The highest BCUT2D eigenvalue weighted by molar-refractivity contribution is 6.28. The monoisotopic (exact) mass is 786 g/mol. The number of fused-ring (bicyclic) bond motifs is 1. The highest BCUT2D eigenvalue weighted by Crippen LogP contribution is 2.33. The number of nitrogens with one attached hydrogen (secondary N) is 3. The number of rotatable bonds is 11. The van der Waals surface area contributed by atoms with Crippen molar-refractivity contribution >= 4 is 57.6 Å². The number of carboxylic acids is 1. The summed E-state index contributed by atoms with van der Waals surface area (Å²) in [7, 11) is 2.84. The fourth-order valence-electron chi connectivity index (χ4n) is 4.72. The van der Waals surface area contributed by atoms with Crippen molar-refractivity contribution in [1.29, 1.82) is 0 Å². The number of halogens is 1. The number of carbonyl (C=O) groups excluding carboxylic acids is 2. The van der Waals surface area contributed by atoms with Crippen LogP contribution >= 0.6 is 11.6 Å². The molecule has 0 spiro atoms. The Labute approximate surface area is 333 Å². The lowest BCUT2D eigenvalue weighted by Crippen LogP contribution is -2.26. The fraction of sp³-hybridized carbons (Fsp3) is 0.310. The van der Waals surface area contributed by atoms with Gasteiger partial charge in [-0.25, -0.2) is 19.3 Å². The van der Waals surface area contributed by atoms with E-state index in [-0.39, 0.29) is 17.9 Å². The van der Waals surface area contributed by atoms with E-state index in [0.29, 0.717) is 28.1 Å². The number of anilines is 3. The van der Waals surface area contributed by atoms with Gasteiger partial charge in [-0.15, -0.1) is 0 Å². The Bertz CT molecular complexity index is 2110. The third kappa shape index (κ3) is 13.5. The average Bonchev–Trinajstić information content (AvgIpc) is 3.58. The molecule has 298 valence electrons. The number of amides is 3. The maximum absolute atomic E-state index is 13.3. The number of hydrogen-bond acceptors (Lipinski definition) is 8. The Morgan fingerprint density at radius 1 is 0.893 bits per heavy atom. The number of benzene rings is 3. The molecule has 3 aromatic carbocycles. The van der Waals surface area contributed by atoms with Crippen LogP contribution in [0.4, 0.5) is 22.1 Å². The van der Waals surface area contributed by atoms with Crippen molar-refractivity contribution in [2.45, 2.75) is 72.7 Å². The summed E-state index contributed by atoms with van der Waals surface area (Å²) in [5.41, 5.74) is 4.11. The van der Waals surface area contributed by atoms with E-state index in [9.17, 15) is 14.4 Å². The van der Waals surface area contributed by atoms with Gasteiger partial charge in [-0.05, 0) is 69.7 Å². The number of allylic oxidation sites excluding steroid dienone is 1. The van der Waals surface area contributed by atoms with Gasteiger partial charge < -0.3 is 30.0 Å². The van der Waals surface area contributed by atoms with Gasteiger partial charge in [0, 0.05) is 47.7 Å². The molecule has 13 nitrogen and oxygen atoms in total. The Balaban J connectivity index is 0.000000672. The van der Waals surface area contributed by atoms with Gasteiger partial charge in [0.2, 0.25) is 0 Å². The summed E-state index contributed by atoms with van der Waals surface area (Å²) in [5.74, 6) is 0.422. The van der Waals surface area contributed by atoms with Crippen LogP contribution in [0.5, 0.6) is 5.75 Å². The van der Waals surface area contributed by atoms with E-state index in [2.05, 4.69) is 53.0 Å². The Hall–Kier alpha value is -5.76. The van der Waals surface area contributed by atoms with Gasteiger partial charge in [0.25, 0.3) is 5.91 Å². The molecule has 0 bridgehead atoms. The summed E-state index contributed by atoms with van der Waals surface area (Å²) in [6.07, 6.45) is 0.341. The molecular weight excluding hydrogens is 736 g/mol. The van der Waals surface area contributed by atoms with Gasteiger partial charge in [-0.2, -0.15) is 5.10 Å². The van der Waals surface area contributed by atoms with Crippen molar-refractivity contribution in [2.24, 2.45) is 0 Å². The quantitative estimate of drug-likeness (QED) is 0.102. The molecule has 0 aliphatic carbocycles. The number of aromatic nitrogens is 3. The van der Waals surface area contributed by atoms with Crippen LogP contribution < -0.4 is 20.7 Å². The van der Waals surface area contributed by atoms with Gasteiger partial charge in [0.05, 0.1) is 17.1 Å². The molecule has 0 aliphatic heterocycles. The molecule has 2 aromatic heterocycles. The molecule has 0 fully saturated rings. The van der Waals surface area contributed by atoms with Crippen molar-refractivity contribution in [1.82, 2.24) is 14.8 Å². The number of hydrogen-bond donors (Lipinski definition) is 4. The Morgan fingerprint density at radius 2 is 1.52 bits per heavy atom. The number of aliphatic carboxylic acids is 1. The van der Waals surface area contributed by atoms with Crippen molar-refractivity contribution in [2.75, 3.05) is 30.2 Å². The normalized spacial score (nSPS) is 11.8. The van der Waals surface area contributed by atoms with E-state index < -0.39 is 24.2 Å². The first kappa shape index (κ1) is 44.6. The van der Waals surface area contributed by atoms with Gasteiger partial charge in [-0.1, -0.05) is 80.9 Å². The molecule has 0 saturated heterocycles. The second kappa shape index (κ2) is 20.8. The van der Waals surface area contributed by atoms with Crippen LogP contribution in [0.3, 0.4) is 0 Å². The van der Waals surface area contributed by atoms with E-state index in [1.165, 1.54) is 21.1 Å². The van der Waals surface area contributed by atoms with Crippen molar-refractivity contribution in [3.63, 3.8) is 0 Å². The zero-order valence-electron chi connectivity index (χ0n) is 33.3. The number of pyridine rings is 1. The third-order valence-corrected chi connectivity index (χ3v) is 8.02. The SMILES string of the molecule is C=C(C)Cl.COC(C)C(=O)Nc1cc(COc2ccc(NC(=O)Nc3cc(C(C)(C)C)nn3-c3ccc(C)cc3)c3ccccc23)ccn1.CO[C@H](C)C(=O)O. The predicted molar refractivity (Wildman–Crippen MR) is 222 cm³/mol. The molecule has 56 heavy (non-hydrogen) atoms. The molecule has 5 rings (SSSR count). The summed E-state index contributed by atoms with van der Waals surface area (Å²) >= 11 is 5.08. The lowest BCUT2D eigenvalue weighted by molar-refractivity contribution is -0.147. The van der Waals surface area contributed by atoms with Crippen LogP contribution in [-0.4, -0.2) is 64.2 Å². The average molecular weight is 787 g/mol. The highest BCUT2D eigenvalue weighted by Gasteiger charge is 2.22. The molecule has 1 unspecified atom stereocenters. The van der Waals surface area contributed by atoms with Gasteiger partial charge in [-0.3, -0.25) is 10.1 Å². The van der Waals surface area contributed by atoms with Gasteiger partial charge in [0.1, 0.15) is 30.1 Å². The van der Waals surface area contributed by atoms with E-state index >= 15 is 0 Å². The lowest BCUT2D eigenvalue weighted by Gasteiger charge is -2.15. The molecule has 5 aromatic rings. The minimum atomic E-state index is -0.928. The standard InChI is InChI=1S/C35H38N6O4.C4H8O3.C3H5Cl/c1-22-11-13-25(14-12-22)41-32(20-30(40-41)35(3,4)5)39-34(43)37-28-15-16-29(27-10-8-7-9-26(27)28)45-21-24-17-18-36-31(19-24)38-33(42)23(2)44-6;1-3(7-2)4(5)6;1-3(2)4/h7-20,23H,21H2,1-6H3,(H,36,38,42)(H2,37,39,43);3H,1-2H3,(H,5,6);1H2,2H3/t;3-;/m.1./s1. The van der Waals surface area contributed by atoms with Crippen LogP contribution in [0.25, 0.3) is 16.5 Å². The number of methoxy groups -OCH3 is 2. The van der Waals surface area contributed by atoms with Crippen LogP contribution in [0.2, 0.25) is 0 Å². The Morgan fingerprint density at radius 3 is 2.09 bits per heavy atom. The summed E-state index contributed by atoms with van der Waals surface area (Å²) in [5, 5.41) is 23.9. The maximum atomic E-state index is 13.3. The summed E-state index contributed by atoms with van der Waals surface area (Å²) in [4.78, 5) is 39.5. The summed E-state index contributed by atoms with van der Waals surface area (Å²) in [6.45, 7) is 16.7. The molecule has 2 atom stereocenters. The molecule has 0 saturated carbocycles. The van der Waals surface area contributed by atoms with Crippen LogP contribution in [-0.2, 0) is 31.1 Å². The third-order valence-electron chi connectivity index (χ3n) is 8.02. The topological polar surface area (TPSA) is 166 Å².